The first kappa shape index (κ1) is 21.8. The third kappa shape index (κ3) is 4.93. The van der Waals surface area contributed by atoms with Crippen LogP contribution in [-0.4, -0.2) is 36.0 Å². The normalized spacial score (nSPS) is 20.7. The molecule has 5 heteroatoms. The Morgan fingerprint density at radius 2 is 2.00 bits per heavy atom. The summed E-state index contributed by atoms with van der Waals surface area (Å²) < 4.78 is 5.48. The van der Waals surface area contributed by atoms with Gasteiger partial charge in [-0.25, -0.2) is 0 Å². The van der Waals surface area contributed by atoms with Crippen LogP contribution in [0, 0.1) is 25.7 Å². The Balaban J connectivity index is 1.49. The average Bonchev–Trinajstić information content (AvgIpc) is 2.75. The molecule has 2 atom stereocenters. The van der Waals surface area contributed by atoms with Crippen molar-refractivity contribution in [1.82, 2.24) is 15.2 Å². The van der Waals surface area contributed by atoms with E-state index in [1.54, 1.807) is 7.11 Å². The number of piperidine rings is 1. The van der Waals surface area contributed by atoms with E-state index in [9.17, 15) is 4.79 Å². The van der Waals surface area contributed by atoms with Crippen LogP contribution < -0.4 is 10.1 Å². The van der Waals surface area contributed by atoms with E-state index < -0.39 is 0 Å². The van der Waals surface area contributed by atoms with Gasteiger partial charge in [0.15, 0.2) is 0 Å². The summed E-state index contributed by atoms with van der Waals surface area (Å²) in [4.78, 5) is 20.0. The lowest BCUT2D eigenvalue weighted by Crippen LogP contribution is -2.45. The highest BCUT2D eigenvalue weighted by Gasteiger charge is 2.33. The second kappa shape index (κ2) is 9.82. The molecule has 1 amide bonds. The summed E-state index contributed by atoms with van der Waals surface area (Å²) in [6.07, 6.45) is 7.30. The van der Waals surface area contributed by atoms with Crippen molar-refractivity contribution < 1.29 is 9.53 Å². The number of carbonyl (C=O) groups is 1. The molecule has 2 fully saturated rings. The smallest absolute Gasteiger partial charge is 0.223 e. The first-order valence-corrected chi connectivity index (χ1v) is 11.6. The van der Waals surface area contributed by atoms with E-state index in [2.05, 4.69) is 47.2 Å². The van der Waals surface area contributed by atoms with E-state index in [-0.39, 0.29) is 17.9 Å². The van der Waals surface area contributed by atoms with Gasteiger partial charge in [0.2, 0.25) is 5.91 Å². The number of amides is 1. The lowest BCUT2D eigenvalue weighted by molar-refractivity contribution is -0.128. The van der Waals surface area contributed by atoms with E-state index >= 15 is 0 Å². The molecule has 1 aliphatic heterocycles. The van der Waals surface area contributed by atoms with Crippen LogP contribution in [0.3, 0.4) is 0 Å². The quantitative estimate of drug-likeness (QED) is 0.711. The second-order valence-corrected chi connectivity index (χ2v) is 9.18. The van der Waals surface area contributed by atoms with Crippen LogP contribution in [0.1, 0.15) is 60.5 Å². The fraction of sp³-hybridized carbons (Fsp3) is 0.538. The lowest BCUT2D eigenvalue weighted by Gasteiger charge is -2.38. The summed E-state index contributed by atoms with van der Waals surface area (Å²) in [5, 5.41) is 3.38. The zero-order chi connectivity index (χ0) is 21.8. The van der Waals surface area contributed by atoms with E-state index in [0.717, 1.165) is 56.8 Å². The highest BCUT2D eigenvalue weighted by atomic mass is 16.5. The van der Waals surface area contributed by atoms with Gasteiger partial charge < -0.3 is 10.1 Å². The number of hydrogen-bond donors (Lipinski definition) is 1. The van der Waals surface area contributed by atoms with Crippen LogP contribution in [0.4, 0.5) is 0 Å². The maximum absolute atomic E-state index is 12.8. The fourth-order valence-electron chi connectivity index (χ4n) is 4.93. The molecule has 0 spiro atoms. The first-order chi connectivity index (χ1) is 15.1. The van der Waals surface area contributed by atoms with Gasteiger partial charge in [-0.3, -0.25) is 14.7 Å². The number of carbonyl (C=O) groups excluding carboxylic acids is 1. The van der Waals surface area contributed by atoms with Crippen LogP contribution in [-0.2, 0) is 11.3 Å². The van der Waals surface area contributed by atoms with Gasteiger partial charge in [0.05, 0.1) is 18.8 Å². The molecule has 0 unspecified atom stereocenters. The summed E-state index contributed by atoms with van der Waals surface area (Å²) in [6, 6.07) is 10.3. The highest BCUT2D eigenvalue weighted by molar-refractivity contribution is 5.79. The number of pyridine rings is 1. The number of benzene rings is 1. The SMILES string of the molecule is COc1ccc(CN2CCC[C@@H]([C@@H](NC(=O)C3CCC3)c3ccccn3)C2)c(C)c1C. The molecule has 1 saturated heterocycles. The third-order valence-corrected chi connectivity index (χ3v) is 7.26. The van der Waals surface area contributed by atoms with E-state index in [1.165, 1.54) is 23.1 Å². The minimum Gasteiger partial charge on any atom is -0.496 e. The Labute approximate surface area is 186 Å². The largest absolute Gasteiger partial charge is 0.496 e. The molecule has 0 radical (unpaired) electrons. The molecule has 5 nitrogen and oxygen atoms in total. The summed E-state index contributed by atoms with van der Waals surface area (Å²) in [7, 11) is 1.73. The summed E-state index contributed by atoms with van der Waals surface area (Å²) in [5.41, 5.74) is 4.86. The molecule has 1 aliphatic carbocycles. The molecule has 2 heterocycles. The van der Waals surface area contributed by atoms with Crippen LogP contribution in [0.15, 0.2) is 36.5 Å². The van der Waals surface area contributed by atoms with Crippen molar-refractivity contribution in [3.05, 3.63) is 58.9 Å². The van der Waals surface area contributed by atoms with E-state index in [4.69, 9.17) is 4.74 Å². The van der Waals surface area contributed by atoms with Crippen LogP contribution in [0.25, 0.3) is 0 Å². The Hall–Kier alpha value is -2.40. The van der Waals surface area contributed by atoms with Gasteiger partial charge in [-0.2, -0.15) is 0 Å². The number of methoxy groups -OCH3 is 1. The molecule has 1 saturated carbocycles. The van der Waals surface area contributed by atoms with Gasteiger partial charge in [0, 0.05) is 25.2 Å². The average molecular weight is 422 g/mol. The topological polar surface area (TPSA) is 54.5 Å². The molecular weight excluding hydrogens is 386 g/mol. The van der Waals surface area contributed by atoms with Crippen molar-refractivity contribution in [3.63, 3.8) is 0 Å². The Morgan fingerprint density at radius 1 is 1.16 bits per heavy atom. The monoisotopic (exact) mass is 421 g/mol. The lowest BCUT2D eigenvalue weighted by atomic mass is 9.83. The Bertz CT molecular complexity index is 895. The Kier molecular flexibility index (Phi) is 6.91. The maximum Gasteiger partial charge on any atom is 0.223 e. The molecular formula is C26H35N3O2. The molecule has 4 rings (SSSR count). The van der Waals surface area contributed by atoms with Crippen LogP contribution in [0.2, 0.25) is 0 Å². The summed E-state index contributed by atoms with van der Waals surface area (Å²) in [6.45, 7) is 7.30. The maximum atomic E-state index is 12.8. The van der Waals surface area contributed by atoms with Gasteiger partial charge in [-0.1, -0.05) is 18.6 Å². The molecule has 2 aromatic rings. The summed E-state index contributed by atoms with van der Waals surface area (Å²) >= 11 is 0. The van der Waals surface area contributed by atoms with E-state index in [0.29, 0.717) is 5.92 Å². The Morgan fingerprint density at radius 3 is 2.68 bits per heavy atom. The van der Waals surface area contributed by atoms with Gasteiger partial charge in [0.1, 0.15) is 5.75 Å². The number of nitrogens with one attached hydrogen (secondary N) is 1. The predicted octanol–water partition coefficient (Wildman–Crippen LogP) is 4.58. The fourth-order valence-corrected chi connectivity index (χ4v) is 4.93. The standard InChI is InChI=1S/C26H35N3O2/c1-18-19(2)24(31-3)13-12-21(18)16-29-15-7-10-22(17-29)25(23-11-4-5-14-27-23)28-26(30)20-8-6-9-20/h4-5,11-14,20,22,25H,6-10,15-17H2,1-3H3,(H,28,30)/t22-,25-/m1/s1. The van der Waals surface area contributed by atoms with Gasteiger partial charge in [0.25, 0.3) is 0 Å². The van der Waals surface area contributed by atoms with Gasteiger partial charge in [-0.05, 0) is 86.9 Å². The van der Waals surface area contributed by atoms with Crippen molar-refractivity contribution in [3.8, 4) is 5.75 Å². The number of hydrogen-bond acceptors (Lipinski definition) is 4. The minimum atomic E-state index is -0.0178. The molecule has 31 heavy (non-hydrogen) atoms. The third-order valence-electron chi connectivity index (χ3n) is 7.26. The number of likely N-dealkylation sites (tertiary alicyclic amines) is 1. The predicted molar refractivity (Wildman–Crippen MR) is 123 cm³/mol. The minimum absolute atomic E-state index is 0.0178. The van der Waals surface area contributed by atoms with Gasteiger partial charge in [-0.15, -0.1) is 0 Å². The van der Waals surface area contributed by atoms with Crippen molar-refractivity contribution in [2.45, 2.75) is 58.5 Å². The molecule has 1 aromatic carbocycles. The van der Waals surface area contributed by atoms with Crippen molar-refractivity contribution in [2.75, 3.05) is 20.2 Å². The second-order valence-electron chi connectivity index (χ2n) is 9.18. The van der Waals surface area contributed by atoms with Crippen molar-refractivity contribution in [2.24, 2.45) is 11.8 Å². The van der Waals surface area contributed by atoms with Crippen molar-refractivity contribution >= 4 is 5.91 Å². The zero-order valence-corrected chi connectivity index (χ0v) is 19.1. The molecule has 0 bridgehead atoms. The molecule has 166 valence electrons. The van der Waals surface area contributed by atoms with Crippen LogP contribution in [0.5, 0.6) is 5.75 Å². The molecule has 2 aliphatic rings. The number of aromatic nitrogens is 1. The summed E-state index contributed by atoms with van der Waals surface area (Å²) in [5.74, 6) is 1.72. The van der Waals surface area contributed by atoms with Gasteiger partial charge >= 0.3 is 0 Å². The van der Waals surface area contributed by atoms with Crippen LogP contribution >= 0.6 is 0 Å². The number of nitrogens with zero attached hydrogens (tertiary/aromatic N) is 2. The van der Waals surface area contributed by atoms with E-state index in [1.807, 2.05) is 18.3 Å². The molecule has 1 N–H and O–H groups in total. The first-order valence-electron chi connectivity index (χ1n) is 11.6. The zero-order valence-electron chi connectivity index (χ0n) is 19.1. The number of ether oxygens (including phenoxy) is 1. The molecule has 1 aromatic heterocycles. The van der Waals surface area contributed by atoms with Crippen molar-refractivity contribution in [1.29, 1.82) is 0 Å². The highest BCUT2D eigenvalue weighted by Crippen LogP contribution is 2.33. The number of rotatable bonds is 7.